The number of carbonyl (C=O) groups excluding carboxylic acids is 1. The van der Waals surface area contributed by atoms with E-state index in [1.807, 2.05) is 0 Å². The molecule has 1 aromatic carbocycles. The molecule has 0 saturated heterocycles. The molecule has 1 aliphatic heterocycles. The highest BCUT2D eigenvalue weighted by Crippen LogP contribution is 2.29. The van der Waals surface area contributed by atoms with Crippen LogP contribution < -0.4 is 9.47 Å². The Labute approximate surface area is 138 Å². The molecular formula is C18H15NO5. The molecule has 0 radical (unpaired) electrons. The van der Waals surface area contributed by atoms with E-state index in [0.717, 1.165) is 5.56 Å². The van der Waals surface area contributed by atoms with Gasteiger partial charge in [0, 0.05) is 0 Å². The minimum atomic E-state index is -0.535. The van der Waals surface area contributed by atoms with Crippen molar-refractivity contribution in [2.75, 3.05) is 13.7 Å². The Morgan fingerprint density at radius 2 is 2.17 bits per heavy atom. The number of rotatable bonds is 6. The second-order valence-electron chi connectivity index (χ2n) is 4.82. The number of furan rings is 1. The van der Waals surface area contributed by atoms with Gasteiger partial charge in [-0.1, -0.05) is 18.7 Å². The fourth-order valence-corrected chi connectivity index (χ4v) is 2.11. The molecule has 6 nitrogen and oxygen atoms in total. The highest BCUT2D eigenvalue weighted by Gasteiger charge is 2.25. The van der Waals surface area contributed by atoms with Crippen LogP contribution in [0.4, 0.5) is 0 Å². The highest BCUT2D eigenvalue weighted by molar-refractivity contribution is 6.11. The lowest BCUT2D eigenvalue weighted by Crippen LogP contribution is -2.04. The monoisotopic (exact) mass is 325 g/mol. The maximum absolute atomic E-state index is 11.9. The molecule has 2 aromatic rings. The van der Waals surface area contributed by atoms with Crippen molar-refractivity contribution in [2.45, 2.75) is 0 Å². The van der Waals surface area contributed by atoms with Crippen molar-refractivity contribution in [2.24, 2.45) is 4.99 Å². The molecule has 0 N–H and O–H groups in total. The van der Waals surface area contributed by atoms with Crippen molar-refractivity contribution >= 4 is 17.9 Å². The van der Waals surface area contributed by atoms with E-state index in [0.29, 0.717) is 23.9 Å². The van der Waals surface area contributed by atoms with Gasteiger partial charge in [0.1, 0.15) is 6.61 Å². The van der Waals surface area contributed by atoms with Gasteiger partial charge in [0.2, 0.25) is 0 Å². The first kappa shape index (κ1) is 15.6. The summed E-state index contributed by atoms with van der Waals surface area (Å²) >= 11 is 0. The van der Waals surface area contributed by atoms with Crippen molar-refractivity contribution in [1.82, 2.24) is 0 Å². The SMILES string of the molecule is C=CCOc1ccc(/C=C2\N=C(c3ccco3)OC2=O)cc1OC. The Hall–Kier alpha value is -3.28. The molecule has 0 fully saturated rings. The van der Waals surface area contributed by atoms with E-state index < -0.39 is 5.97 Å². The lowest BCUT2D eigenvalue weighted by Gasteiger charge is -2.09. The minimum absolute atomic E-state index is 0.147. The first-order chi connectivity index (χ1) is 11.7. The number of nitrogens with zero attached hydrogens (tertiary/aromatic N) is 1. The van der Waals surface area contributed by atoms with Gasteiger partial charge in [-0.2, -0.15) is 0 Å². The van der Waals surface area contributed by atoms with E-state index in [-0.39, 0.29) is 11.6 Å². The molecule has 24 heavy (non-hydrogen) atoms. The van der Waals surface area contributed by atoms with Crippen molar-refractivity contribution in [3.8, 4) is 11.5 Å². The van der Waals surface area contributed by atoms with E-state index in [2.05, 4.69) is 11.6 Å². The summed E-state index contributed by atoms with van der Waals surface area (Å²) in [6.07, 6.45) is 4.74. The Bertz CT molecular complexity index is 818. The summed E-state index contributed by atoms with van der Waals surface area (Å²) in [5.74, 6) is 1.15. The van der Waals surface area contributed by atoms with Gasteiger partial charge in [0.05, 0.1) is 13.4 Å². The lowest BCUT2D eigenvalue weighted by atomic mass is 10.1. The first-order valence-corrected chi connectivity index (χ1v) is 7.19. The summed E-state index contributed by atoms with van der Waals surface area (Å²) in [6, 6.07) is 8.66. The maximum Gasteiger partial charge on any atom is 0.363 e. The molecular weight excluding hydrogens is 310 g/mol. The van der Waals surface area contributed by atoms with Crippen LogP contribution in [0.25, 0.3) is 6.08 Å². The minimum Gasteiger partial charge on any atom is -0.493 e. The first-order valence-electron chi connectivity index (χ1n) is 7.19. The number of methoxy groups -OCH3 is 1. The zero-order valence-electron chi connectivity index (χ0n) is 13.0. The van der Waals surface area contributed by atoms with Crippen LogP contribution in [0.15, 0.2) is 64.4 Å². The summed E-state index contributed by atoms with van der Waals surface area (Å²) in [5.41, 5.74) is 0.914. The summed E-state index contributed by atoms with van der Waals surface area (Å²) in [4.78, 5) is 16.1. The molecule has 122 valence electrons. The molecule has 0 aliphatic carbocycles. The number of hydrogen-bond donors (Lipinski definition) is 0. The molecule has 2 heterocycles. The van der Waals surface area contributed by atoms with Crippen LogP contribution in [0.2, 0.25) is 0 Å². The molecule has 1 aliphatic rings. The van der Waals surface area contributed by atoms with E-state index in [4.69, 9.17) is 18.6 Å². The quantitative estimate of drug-likeness (QED) is 0.463. The van der Waals surface area contributed by atoms with Crippen LogP contribution in [-0.2, 0) is 9.53 Å². The second-order valence-corrected chi connectivity index (χ2v) is 4.82. The van der Waals surface area contributed by atoms with Crippen LogP contribution >= 0.6 is 0 Å². The number of carbonyl (C=O) groups is 1. The molecule has 0 amide bonds. The fourth-order valence-electron chi connectivity index (χ4n) is 2.11. The number of esters is 1. The molecule has 3 rings (SSSR count). The van der Waals surface area contributed by atoms with Crippen LogP contribution in [0, 0.1) is 0 Å². The third-order valence-electron chi connectivity index (χ3n) is 3.20. The smallest absolute Gasteiger partial charge is 0.363 e. The summed E-state index contributed by atoms with van der Waals surface area (Å²) in [7, 11) is 1.55. The van der Waals surface area contributed by atoms with Crippen LogP contribution in [-0.4, -0.2) is 25.6 Å². The van der Waals surface area contributed by atoms with Crippen molar-refractivity contribution in [3.05, 3.63) is 66.3 Å². The Balaban J connectivity index is 1.88. The zero-order chi connectivity index (χ0) is 16.9. The average molecular weight is 325 g/mol. The second kappa shape index (κ2) is 6.87. The van der Waals surface area contributed by atoms with Crippen LogP contribution in [0.5, 0.6) is 11.5 Å². The Kier molecular flexibility index (Phi) is 4.47. The number of ether oxygens (including phenoxy) is 3. The zero-order valence-corrected chi connectivity index (χ0v) is 13.0. The predicted octanol–water partition coefficient (Wildman–Crippen LogP) is 3.20. The van der Waals surface area contributed by atoms with Gasteiger partial charge >= 0.3 is 5.97 Å². The van der Waals surface area contributed by atoms with Gasteiger partial charge in [-0.3, -0.25) is 0 Å². The van der Waals surface area contributed by atoms with Gasteiger partial charge in [0.25, 0.3) is 5.90 Å². The average Bonchev–Trinajstić information content (AvgIpc) is 3.24. The van der Waals surface area contributed by atoms with Gasteiger partial charge < -0.3 is 18.6 Å². The van der Waals surface area contributed by atoms with Crippen LogP contribution in [0.1, 0.15) is 11.3 Å². The number of aliphatic imine (C=N–C) groups is 1. The number of cyclic esters (lactones) is 1. The van der Waals surface area contributed by atoms with Gasteiger partial charge in [-0.15, -0.1) is 0 Å². The standard InChI is InChI=1S/C18H15NO5/c1-3-8-22-14-7-6-12(11-16(14)21-2)10-13-18(20)24-17(19-13)15-5-4-9-23-15/h3-7,9-11H,1,8H2,2H3/b13-10-. The highest BCUT2D eigenvalue weighted by atomic mass is 16.6. The molecule has 0 atom stereocenters. The Morgan fingerprint density at radius 1 is 1.29 bits per heavy atom. The van der Waals surface area contributed by atoms with Crippen molar-refractivity contribution in [1.29, 1.82) is 0 Å². The molecule has 6 heteroatoms. The van der Waals surface area contributed by atoms with Crippen molar-refractivity contribution < 1.29 is 23.4 Å². The van der Waals surface area contributed by atoms with E-state index >= 15 is 0 Å². The third kappa shape index (κ3) is 3.22. The lowest BCUT2D eigenvalue weighted by molar-refractivity contribution is -0.130. The summed E-state index contributed by atoms with van der Waals surface area (Å²) < 4.78 is 21.1. The third-order valence-corrected chi connectivity index (χ3v) is 3.20. The molecule has 0 saturated carbocycles. The number of benzene rings is 1. The molecule has 0 unspecified atom stereocenters. The molecule has 1 aromatic heterocycles. The molecule has 0 bridgehead atoms. The van der Waals surface area contributed by atoms with E-state index in [9.17, 15) is 4.79 Å². The largest absolute Gasteiger partial charge is 0.493 e. The van der Waals surface area contributed by atoms with Gasteiger partial charge in [0.15, 0.2) is 23.0 Å². The van der Waals surface area contributed by atoms with Crippen molar-refractivity contribution in [3.63, 3.8) is 0 Å². The topological polar surface area (TPSA) is 70.3 Å². The van der Waals surface area contributed by atoms with Gasteiger partial charge in [-0.25, -0.2) is 9.79 Å². The summed E-state index contributed by atoms with van der Waals surface area (Å²) in [5, 5.41) is 0. The predicted molar refractivity (Wildman–Crippen MR) is 88.0 cm³/mol. The maximum atomic E-state index is 11.9. The van der Waals surface area contributed by atoms with E-state index in [1.54, 1.807) is 49.6 Å². The number of hydrogen-bond acceptors (Lipinski definition) is 6. The molecule has 0 spiro atoms. The normalized spacial score (nSPS) is 15.1. The summed E-state index contributed by atoms with van der Waals surface area (Å²) in [6.45, 7) is 3.98. The van der Waals surface area contributed by atoms with Crippen LogP contribution in [0.3, 0.4) is 0 Å². The Morgan fingerprint density at radius 3 is 2.88 bits per heavy atom. The fraction of sp³-hybridized carbons (Fsp3) is 0.111. The van der Waals surface area contributed by atoms with E-state index in [1.165, 1.54) is 6.26 Å². The van der Waals surface area contributed by atoms with Gasteiger partial charge in [-0.05, 0) is 35.9 Å².